The number of carbonyl (C=O) groups excluding carboxylic acids is 2. The highest BCUT2D eigenvalue weighted by molar-refractivity contribution is 7.91. The van der Waals surface area contributed by atoms with Crippen LogP contribution in [-0.2, 0) is 19.4 Å². The predicted molar refractivity (Wildman–Crippen MR) is 114 cm³/mol. The third-order valence-electron chi connectivity index (χ3n) is 4.61. The lowest BCUT2D eigenvalue weighted by molar-refractivity contribution is -0.139. The molecule has 1 atom stereocenters. The van der Waals surface area contributed by atoms with E-state index >= 15 is 0 Å². The van der Waals surface area contributed by atoms with Crippen molar-refractivity contribution < 1.29 is 27.5 Å². The summed E-state index contributed by atoms with van der Waals surface area (Å²) in [4.78, 5) is 25.2. The summed E-state index contributed by atoms with van der Waals surface area (Å²) in [6.45, 7) is 4.12. The second kappa shape index (κ2) is 9.65. The van der Waals surface area contributed by atoms with Gasteiger partial charge in [-0.1, -0.05) is 30.3 Å². The van der Waals surface area contributed by atoms with E-state index in [9.17, 15) is 18.0 Å². The van der Waals surface area contributed by atoms with Gasteiger partial charge in [0.2, 0.25) is 0 Å². The molecule has 9 heteroatoms. The third-order valence-corrected chi connectivity index (χ3v) is 6.27. The standard InChI is InChI=1S/C22H24N2O6S/c1-3-29-16-12-10-15(11-13-16)20-19(21(25)30-4-2)18(23-22(26)24-20)14-31(27,28)17-8-6-5-7-9-17/h5-13,20H,3-4,14H2,1-2H3,(H2,23,24,26)/t20-/m1/s1. The van der Waals surface area contributed by atoms with Gasteiger partial charge < -0.3 is 20.1 Å². The maximum Gasteiger partial charge on any atom is 0.338 e. The van der Waals surface area contributed by atoms with Gasteiger partial charge in [-0.25, -0.2) is 18.0 Å². The predicted octanol–water partition coefficient (Wildman–Crippen LogP) is 2.73. The van der Waals surface area contributed by atoms with Gasteiger partial charge in [-0.3, -0.25) is 0 Å². The van der Waals surface area contributed by atoms with Gasteiger partial charge in [-0.2, -0.15) is 0 Å². The van der Waals surface area contributed by atoms with Crippen LogP contribution in [0.5, 0.6) is 5.75 Å². The van der Waals surface area contributed by atoms with Crippen LogP contribution >= 0.6 is 0 Å². The van der Waals surface area contributed by atoms with Gasteiger partial charge in [0.05, 0.1) is 35.5 Å². The van der Waals surface area contributed by atoms with Gasteiger partial charge in [0.25, 0.3) is 0 Å². The minimum atomic E-state index is -3.81. The van der Waals surface area contributed by atoms with E-state index in [0.29, 0.717) is 17.9 Å². The Morgan fingerprint density at radius 3 is 2.29 bits per heavy atom. The maximum absolute atomic E-state index is 12.9. The van der Waals surface area contributed by atoms with Crippen LogP contribution in [0.25, 0.3) is 0 Å². The monoisotopic (exact) mass is 444 g/mol. The average Bonchev–Trinajstić information content (AvgIpc) is 2.74. The number of sulfone groups is 1. The van der Waals surface area contributed by atoms with E-state index in [1.54, 1.807) is 49.4 Å². The van der Waals surface area contributed by atoms with Gasteiger partial charge in [-0.05, 0) is 43.7 Å². The van der Waals surface area contributed by atoms with E-state index in [1.807, 2.05) is 6.92 Å². The molecule has 0 spiro atoms. The summed E-state index contributed by atoms with van der Waals surface area (Å²) >= 11 is 0. The van der Waals surface area contributed by atoms with Crippen LogP contribution in [0.15, 0.2) is 70.8 Å². The molecule has 0 unspecified atom stereocenters. The van der Waals surface area contributed by atoms with Crippen molar-refractivity contribution in [2.45, 2.75) is 24.8 Å². The lowest BCUT2D eigenvalue weighted by atomic mass is 9.95. The molecule has 0 saturated heterocycles. The summed E-state index contributed by atoms with van der Waals surface area (Å²) in [5.74, 6) is -0.612. The number of esters is 1. The molecular weight excluding hydrogens is 420 g/mol. The number of benzene rings is 2. The third kappa shape index (κ3) is 5.24. The van der Waals surface area contributed by atoms with Gasteiger partial charge in [0, 0.05) is 5.70 Å². The maximum atomic E-state index is 12.9. The zero-order valence-electron chi connectivity index (χ0n) is 17.3. The van der Waals surface area contributed by atoms with E-state index in [2.05, 4.69) is 10.6 Å². The summed E-state index contributed by atoms with van der Waals surface area (Å²) in [5, 5.41) is 5.17. The van der Waals surface area contributed by atoms with Crippen LogP contribution < -0.4 is 15.4 Å². The first-order valence-corrected chi connectivity index (χ1v) is 11.5. The Labute approximate surface area is 181 Å². The van der Waals surface area contributed by atoms with Crippen molar-refractivity contribution in [2.24, 2.45) is 0 Å². The molecule has 1 aliphatic heterocycles. The van der Waals surface area contributed by atoms with E-state index in [4.69, 9.17) is 9.47 Å². The number of carbonyl (C=O) groups is 2. The highest BCUT2D eigenvalue weighted by atomic mass is 32.2. The number of urea groups is 1. The first-order valence-electron chi connectivity index (χ1n) is 9.84. The Balaban J connectivity index is 2.05. The van der Waals surface area contributed by atoms with E-state index in [1.165, 1.54) is 12.1 Å². The molecule has 2 N–H and O–H groups in total. The van der Waals surface area contributed by atoms with Crippen molar-refractivity contribution in [3.05, 3.63) is 71.4 Å². The number of rotatable bonds is 8. The van der Waals surface area contributed by atoms with E-state index < -0.39 is 33.6 Å². The van der Waals surface area contributed by atoms with E-state index in [-0.39, 0.29) is 22.8 Å². The Morgan fingerprint density at radius 1 is 1.00 bits per heavy atom. The molecule has 0 saturated carbocycles. The molecule has 8 nitrogen and oxygen atoms in total. The lowest BCUT2D eigenvalue weighted by Crippen LogP contribution is -2.47. The molecule has 0 aliphatic carbocycles. The quantitative estimate of drug-likeness (QED) is 0.606. The normalized spacial score (nSPS) is 16.3. The summed E-state index contributed by atoms with van der Waals surface area (Å²) in [6, 6.07) is 13.2. The minimum Gasteiger partial charge on any atom is -0.494 e. The zero-order chi connectivity index (χ0) is 22.4. The second-order valence-electron chi connectivity index (χ2n) is 6.72. The summed E-state index contributed by atoms with van der Waals surface area (Å²) < 4.78 is 36.4. The van der Waals surface area contributed by atoms with Gasteiger partial charge in [0.15, 0.2) is 9.84 Å². The SMILES string of the molecule is CCOC(=O)C1=C(CS(=O)(=O)c2ccccc2)NC(=O)N[C@@H]1c1ccc(OCC)cc1. The van der Waals surface area contributed by atoms with Gasteiger partial charge in [0.1, 0.15) is 5.75 Å². The molecule has 164 valence electrons. The smallest absolute Gasteiger partial charge is 0.338 e. The van der Waals surface area contributed by atoms with Crippen LogP contribution in [-0.4, -0.2) is 39.4 Å². The second-order valence-corrected chi connectivity index (χ2v) is 8.71. The number of ether oxygens (including phenoxy) is 2. The van der Waals surface area contributed by atoms with Crippen molar-refractivity contribution in [1.29, 1.82) is 0 Å². The fourth-order valence-electron chi connectivity index (χ4n) is 3.26. The molecule has 1 aliphatic rings. The molecule has 0 bridgehead atoms. The molecule has 0 radical (unpaired) electrons. The molecule has 1 heterocycles. The Kier molecular flexibility index (Phi) is 6.96. The topological polar surface area (TPSA) is 111 Å². The Bertz CT molecular complexity index is 1080. The van der Waals surface area contributed by atoms with Crippen molar-refractivity contribution in [3.8, 4) is 5.75 Å². The summed E-state index contributed by atoms with van der Waals surface area (Å²) in [7, 11) is -3.81. The Hall–Kier alpha value is -3.33. The van der Waals surface area contributed by atoms with Crippen molar-refractivity contribution >= 4 is 21.8 Å². The fraction of sp³-hybridized carbons (Fsp3) is 0.273. The molecule has 2 aromatic carbocycles. The zero-order valence-corrected chi connectivity index (χ0v) is 18.1. The number of hydrogen-bond acceptors (Lipinski definition) is 6. The first kappa shape index (κ1) is 22.4. The summed E-state index contributed by atoms with van der Waals surface area (Å²) in [5.41, 5.74) is 0.631. The molecule has 31 heavy (non-hydrogen) atoms. The fourth-order valence-corrected chi connectivity index (χ4v) is 4.60. The molecule has 2 aromatic rings. The number of nitrogens with one attached hydrogen (secondary N) is 2. The minimum absolute atomic E-state index is 0.00932. The highest BCUT2D eigenvalue weighted by Gasteiger charge is 2.35. The molecule has 0 fully saturated rings. The van der Waals surface area contributed by atoms with Crippen LogP contribution in [0.3, 0.4) is 0 Å². The van der Waals surface area contributed by atoms with E-state index in [0.717, 1.165) is 0 Å². The molecule has 2 amide bonds. The average molecular weight is 445 g/mol. The van der Waals surface area contributed by atoms with Crippen molar-refractivity contribution in [2.75, 3.05) is 19.0 Å². The van der Waals surface area contributed by atoms with Gasteiger partial charge >= 0.3 is 12.0 Å². The molecule has 0 aromatic heterocycles. The first-order chi connectivity index (χ1) is 14.9. The summed E-state index contributed by atoms with van der Waals surface area (Å²) in [6.07, 6.45) is 0. The Morgan fingerprint density at radius 2 is 1.68 bits per heavy atom. The largest absolute Gasteiger partial charge is 0.494 e. The van der Waals surface area contributed by atoms with Crippen LogP contribution in [0.2, 0.25) is 0 Å². The van der Waals surface area contributed by atoms with Crippen molar-refractivity contribution in [3.63, 3.8) is 0 Å². The van der Waals surface area contributed by atoms with Crippen LogP contribution in [0.4, 0.5) is 4.79 Å². The van der Waals surface area contributed by atoms with Crippen molar-refractivity contribution in [1.82, 2.24) is 10.6 Å². The number of hydrogen-bond donors (Lipinski definition) is 2. The molecule has 3 rings (SSSR count). The van der Waals surface area contributed by atoms with Crippen LogP contribution in [0, 0.1) is 0 Å². The molecular formula is C22H24N2O6S. The highest BCUT2D eigenvalue weighted by Crippen LogP contribution is 2.30. The van der Waals surface area contributed by atoms with Gasteiger partial charge in [-0.15, -0.1) is 0 Å². The number of amides is 2. The van der Waals surface area contributed by atoms with Crippen LogP contribution in [0.1, 0.15) is 25.5 Å². The lowest BCUT2D eigenvalue weighted by Gasteiger charge is -2.29.